The SMILES string of the molecule is O=C(O)COc1ccc(OCc2cccc(-c3cccc4c3CCN(Cc3ccccc3)C4)c2)cc1. The molecule has 36 heavy (non-hydrogen) atoms. The Kier molecular flexibility index (Phi) is 7.29. The monoisotopic (exact) mass is 479 g/mol. The Hall–Kier alpha value is -4.09. The van der Waals surface area contributed by atoms with Crippen LogP contribution in [-0.4, -0.2) is 29.1 Å². The molecule has 0 fully saturated rings. The molecule has 1 N–H and O–H groups in total. The van der Waals surface area contributed by atoms with Gasteiger partial charge in [0.1, 0.15) is 18.1 Å². The second-order valence-electron chi connectivity index (χ2n) is 9.03. The van der Waals surface area contributed by atoms with Crippen molar-refractivity contribution in [2.45, 2.75) is 26.1 Å². The number of nitrogens with zero attached hydrogens (tertiary/aromatic N) is 1. The van der Waals surface area contributed by atoms with E-state index in [4.69, 9.17) is 14.6 Å². The lowest BCUT2D eigenvalue weighted by Gasteiger charge is -2.30. The normalized spacial score (nSPS) is 13.1. The van der Waals surface area contributed by atoms with Gasteiger partial charge >= 0.3 is 5.97 Å². The zero-order valence-corrected chi connectivity index (χ0v) is 20.1. The topological polar surface area (TPSA) is 59.0 Å². The van der Waals surface area contributed by atoms with Gasteiger partial charge in [0.25, 0.3) is 0 Å². The van der Waals surface area contributed by atoms with E-state index in [0.717, 1.165) is 31.6 Å². The van der Waals surface area contributed by atoms with E-state index in [1.807, 2.05) is 0 Å². The molecule has 0 bridgehead atoms. The first kappa shape index (κ1) is 23.6. The van der Waals surface area contributed by atoms with Crippen molar-refractivity contribution in [2.75, 3.05) is 13.2 Å². The molecule has 4 aromatic carbocycles. The summed E-state index contributed by atoms with van der Waals surface area (Å²) in [6.45, 7) is 3.08. The molecule has 5 heteroatoms. The quantitative estimate of drug-likeness (QED) is 0.321. The third kappa shape index (κ3) is 5.93. The van der Waals surface area contributed by atoms with Crippen LogP contribution in [0.4, 0.5) is 0 Å². The van der Waals surface area contributed by atoms with Crippen LogP contribution in [0.3, 0.4) is 0 Å². The molecule has 0 radical (unpaired) electrons. The second kappa shape index (κ2) is 11.1. The molecule has 1 heterocycles. The van der Waals surface area contributed by atoms with Crippen LogP contribution in [0.25, 0.3) is 11.1 Å². The largest absolute Gasteiger partial charge is 0.489 e. The van der Waals surface area contributed by atoms with Crippen LogP contribution < -0.4 is 9.47 Å². The van der Waals surface area contributed by atoms with Crippen molar-refractivity contribution >= 4 is 5.97 Å². The molecule has 0 unspecified atom stereocenters. The Labute approximate surface area is 211 Å². The fourth-order valence-electron chi connectivity index (χ4n) is 4.69. The summed E-state index contributed by atoms with van der Waals surface area (Å²) in [6.07, 6.45) is 1.04. The van der Waals surface area contributed by atoms with Crippen LogP contribution >= 0.6 is 0 Å². The van der Waals surface area contributed by atoms with E-state index in [1.54, 1.807) is 24.3 Å². The number of hydrogen-bond acceptors (Lipinski definition) is 4. The molecule has 5 rings (SSSR count). The first-order valence-electron chi connectivity index (χ1n) is 12.2. The summed E-state index contributed by atoms with van der Waals surface area (Å²) in [5.41, 5.74) is 7.80. The summed E-state index contributed by atoms with van der Waals surface area (Å²) >= 11 is 0. The number of fused-ring (bicyclic) bond motifs is 1. The predicted octanol–water partition coefficient (Wildman–Crippen LogP) is 5.95. The molecule has 5 nitrogen and oxygen atoms in total. The van der Waals surface area contributed by atoms with E-state index < -0.39 is 5.97 Å². The molecule has 0 atom stereocenters. The number of carboxylic acids is 1. The molecular weight excluding hydrogens is 450 g/mol. The van der Waals surface area contributed by atoms with E-state index >= 15 is 0 Å². The van der Waals surface area contributed by atoms with Crippen LogP contribution in [0.1, 0.15) is 22.3 Å². The Morgan fingerprint density at radius 2 is 1.53 bits per heavy atom. The van der Waals surface area contributed by atoms with Gasteiger partial charge in [-0.05, 0) is 70.1 Å². The molecule has 1 aliphatic rings. The lowest BCUT2D eigenvalue weighted by Crippen LogP contribution is -2.30. The minimum Gasteiger partial charge on any atom is -0.489 e. The number of benzene rings is 4. The van der Waals surface area contributed by atoms with Crippen LogP contribution in [0.2, 0.25) is 0 Å². The summed E-state index contributed by atoms with van der Waals surface area (Å²) in [6, 6.07) is 32.8. The molecule has 0 aliphatic carbocycles. The lowest BCUT2D eigenvalue weighted by molar-refractivity contribution is -0.139. The van der Waals surface area contributed by atoms with Gasteiger partial charge in [0.15, 0.2) is 6.61 Å². The third-order valence-electron chi connectivity index (χ3n) is 6.42. The van der Waals surface area contributed by atoms with E-state index in [2.05, 4.69) is 77.7 Å². The fraction of sp³-hybridized carbons (Fsp3) is 0.194. The lowest BCUT2D eigenvalue weighted by atomic mass is 9.90. The molecule has 0 amide bonds. The Morgan fingerprint density at radius 1 is 0.806 bits per heavy atom. The number of carboxylic acid groups (broad SMARTS) is 1. The number of aliphatic carboxylic acids is 1. The number of hydrogen-bond donors (Lipinski definition) is 1. The maximum atomic E-state index is 10.6. The maximum Gasteiger partial charge on any atom is 0.341 e. The van der Waals surface area contributed by atoms with Crippen molar-refractivity contribution < 1.29 is 19.4 Å². The highest BCUT2D eigenvalue weighted by Crippen LogP contribution is 2.31. The third-order valence-corrected chi connectivity index (χ3v) is 6.42. The van der Waals surface area contributed by atoms with Crippen LogP contribution in [0.15, 0.2) is 97.1 Å². The van der Waals surface area contributed by atoms with Crippen molar-refractivity contribution in [1.29, 1.82) is 0 Å². The van der Waals surface area contributed by atoms with E-state index in [-0.39, 0.29) is 6.61 Å². The molecule has 0 saturated heterocycles. The zero-order chi connectivity index (χ0) is 24.7. The Morgan fingerprint density at radius 3 is 2.31 bits per heavy atom. The van der Waals surface area contributed by atoms with Crippen molar-refractivity contribution in [3.05, 3.63) is 119 Å². The summed E-state index contributed by atoms with van der Waals surface area (Å²) in [5.74, 6) is 0.209. The van der Waals surface area contributed by atoms with Gasteiger partial charge in [0, 0.05) is 19.6 Å². The van der Waals surface area contributed by atoms with Crippen molar-refractivity contribution in [3.8, 4) is 22.6 Å². The maximum absolute atomic E-state index is 10.6. The summed E-state index contributed by atoms with van der Waals surface area (Å²) in [5, 5.41) is 8.72. The molecule has 0 saturated carbocycles. The highest BCUT2D eigenvalue weighted by Gasteiger charge is 2.19. The standard InChI is InChI=1S/C31H29NO4/c33-31(34)22-36-28-14-12-27(13-15-28)35-21-24-8-4-9-25(18-24)29-11-5-10-26-20-32(17-16-30(26)29)19-23-6-2-1-3-7-23/h1-15,18H,16-17,19-22H2,(H,33,34). The smallest absolute Gasteiger partial charge is 0.341 e. The minimum absolute atomic E-state index is 0.360. The van der Waals surface area contributed by atoms with Crippen molar-refractivity contribution in [2.24, 2.45) is 0 Å². The Balaban J connectivity index is 1.25. The van der Waals surface area contributed by atoms with Gasteiger partial charge in [-0.3, -0.25) is 4.90 Å². The van der Waals surface area contributed by atoms with Crippen molar-refractivity contribution in [1.82, 2.24) is 4.90 Å². The predicted molar refractivity (Wildman–Crippen MR) is 140 cm³/mol. The summed E-state index contributed by atoms with van der Waals surface area (Å²) in [7, 11) is 0. The summed E-state index contributed by atoms with van der Waals surface area (Å²) < 4.78 is 11.1. The average molecular weight is 480 g/mol. The Bertz CT molecular complexity index is 1320. The highest BCUT2D eigenvalue weighted by molar-refractivity contribution is 5.70. The van der Waals surface area contributed by atoms with E-state index in [9.17, 15) is 4.79 Å². The number of ether oxygens (including phenoxy) is 2. The van der Waals surface area contributed by atoms with Crippen LogP contribution in [0.5, 0.6) is 11.5 Å². The average Bonchev–Trinajstić information content (AvgIpc) is 2.91. The van der Waals surface area contributed by atoms with Gasteiger partial charge in [-0.1, -0.05) is 66.7 Å². The fourth-order valence-corrected chi connectivity index (χ4v) is 4.69. The van der Waals surface area contributed by atoms with Crippen molar-refractivity contribution in [3.63, 3.8) is 0 Å². The molecule has 0 aromatic heterocycles. The van der Waals surface area contributed by atoms with E-state index in [0.29, 0.717) is 18.1 Å². The first-order valence-corrected chi connectivity index (χ1v) is 12.2. The van der Waals surface area contributed by atoms with Gasteiger partial charge in [-0.25, -0.2) is 4.79 Å². The molecule has 4 aromatic rings. The van der Waals surface area contributed by atoms with Gasteiger partial charge < -0.3 is 14.6 Å². The molecule has 1 aliphatic heterocycles. The zero-order valence-electron chi connectivity index (χ0n) is 20.1. The number of carbonyl (C=O) groups is 1. The van der Waals surface area contributed by atoms with Gasteiger partial charge in [0.2, 0.25) is 0 Å². The van der Waals surface area contributed by atoms with Crippen LogP contribution in [-0.2, 0) is 30.9 Å². The highest BCUT2D eigenvalue weighted by atomic mass is 16.5. The summed E-state index contributed by atoms with van der Waals surface area (Å²) in [4.78, 5) is 13.2. The van der Waals surface area contributed by atoms with E-state index in [1.165, 1.54) is 27.8 Å². The minimum atomic E-state index is -1.00. The van der Waals surface area contributed by atoms with Gasteiger partial charge in [0.05, 0.1) is 0 Å². The second-order valence-corrected chi connectivity index (χ2v) is 9.03. The van der Waals surface area contributed by atoms with Gasteiger partial charge in [-0.2, -0.15) is 0 Å². The van der Waals surface area contributed by atoms with Gasteiger partial charge in [-0.15, -0.1) is 0 Å². The first-order chi connectivity index (χ1) is 17.6. The van der Waals surface area contributed by atoms with Crippen LogP contribution in [0, 0.1) is 0 Å². The molecule has 0 spiro atoms. The molecule has 182 valence electrons. The number of rotatable bonds is 9. The molecular formula is C31H29NO4.